The van der Waals surface area contributed by atoms with Gasteiger partial charge in [-0.2, -0.15) is 0 Å². The van der Waals surface area contributed by atoms with E-state index in [-0.39, 0.29) is 5.78 Å². The average Bonchev–Trinajstić information content (AvgIpc) is 3.07. The van der Waals surface area contributed by atoms with Crippen LogP contribution in [0.1, 0.15) is 42.7 Å². The van der Waals surface area contributed by atoms with Crippen LogP contribution in [0.5, 0.6) is 0 Å². The summed E-state index contributed by atoms with van der Waals surface area (Å²) in [6.45, 7) is 0.877. The second-order valence-electron chi connectivity index (χ2n) is 5.10. The van der Waals surface area contributed by atoms with Gasteiger partial charge in [0, 0.05) is 18.4 Å². The zero-order valence-electron chi connectivity index (χ0n) is 10.9. The number of para-hydroxylation sites is 1. The number of ether oxygens (including phenoxy) is 1. The van der Waals surface area contributed by atoms with E-state index in [1.807, 2.05) is 30.3 Å². The van der Waals surface area contributed by atoms with Gasteiger partial charge in [-0.25, -0.2) is 0 Å². The largest absolute Gasteiger partial charge is 0.453 e. The van der Waals surface area contributed by atoms with Gasteiger partial charge in [0.25, 0.3) is 0 Å². The second kappa shape index (κ2) is 5.57. The molecule has 19 heavy (non-hydrogen) atoms. The van der Waals surface area contributed by atoms with Gasteiger partial charge in [0.2, 0.25) is 0 Å². The molecule has 1 saturated heterocycles. The van der Waals surface area contributed by atoms with Gasteiger partial charge in [0.15, 0.2) is 11.5 Å². The molecule has 1 fully saturated rings. The summed E-state index contributed by atoms with van der Waals surface area (Å²) in [6.07, 6.45) is 5.05. The summed E-state index contributed by atoms with van der Waals surface area (Å²) in [5, 5.41) is 0.991. The fourth-order valence-corrected chi connectivity index (χ4v) is 2.60. The van der Waals surface area contributed by atoms with Crippen molar-refractivity contribution in [2.75, 3.05) is 6.61 Å². The van der Waals surface area contributed by atoms with Crippen LogP contribution in [-0.4, -0.2) is 18.5 Å². The smallest absolute Gasteiger partial charge is 0.198 e. The van der Waals surface area contributed by atoms with Crippen molar-refractivity contribution in [3.05, 3.63) is 36.1 Å². The zero-order chi connectivity index (χ0) is 13.1. The van der Waals surface area contributed by atoms with Gasteiger partial charge in [0.05, 0.1) is 6.10 Å². The molecule has 1 aliphatic heterocycles. The molecule has 1 aromatic carbocycles. The van der Waals surface area contributed by atoms with Gasteiger partial charge in [-0.1, -0.05) is 18.2 Å². The Morgan fingerprint density at radius 2 is 2.21 bits per heavy atom. The van der Waals surface area contributed by atoms with Gasteiger partial charge in [-0.05, 0) is 37.8 Å². The summed E-state index contributed by atoms with van der Waals surface area (Å²) in [6, 6.07) is 9.55. The number of benzene rings is 1. The highest BCUT2D eigenvalue weighted by Crippen LogP contribution is 2.22. The molecule has 2 aromatic rings. The predicted molar refractivity (Wildman–Crippen MR) is 73.4 cm³/mol. The van der Waals surface area contributed by atoms with Crippen LogP contribution in [0.2, 0.25) is 0 Å². The molecule has 1 unspecified atom stereocenters. The highest BCUT2D eigenvalue weighted by atomic mass is 16.5. The minimum atomic E-state index is 0.0918. The molecule has 0 N–H and O–H groups in total. The van der Waals surface area contributed by atoms with Crippen LogP contribution in [0.4, 0.5) is 0 Å². The normalized spacial score (nSPS) is 19.1. The maximum atomic E-state index is 12.1. The van der Waals surface area contributed by atoms with Crippen molar-refractivity contribution in [3.8, 4) is 0 Å². The number of hydrogen-bond acceptors (Lipinski definition) is 3. The maximum Gasteiger partial charge on any atom is 0.198 e. The average molecular weight is 258 g/mol. The van der Waals surface area contributed by atoms with Crippen molar-refractivity contribution in [3.63, 3.8) is 0 Å². The fraction of sp³-hybridized carbons (Fsp3) is 0.438. The van der Waals surface area contributed by atoms with Crippen molar-refractivity contribution >= 4 is 16.8 Å². The van der Waals surface area contributed by atoms with Crippen molar-refractivity contribution in [1.82, 2.24) is 0 Å². The molecule has 1 aliphatic rings. The topological polar surface area (TPSA) is 39.4 Å². The third-order valence-corrected chi connectivity index (χ3v) is 3.65. The molecule has 0 amide bonds. The third kappa shape index (κ3) is 2.87. The van der Waals surface area contributed by atoms with E-state index in [0.717, 1.165) is 43.3 Å². The van der Waals surface area contributed by atoms with Crippen LogP contribution >= 0.6 is 0 Å². The Morgan fingerprint density at radius 1 is 1.32 bits per heavy atom. The number of carbonyl (C=O) groups is 1. The SMILES string of the molecule is O=C(CCCC1CCCO1)c1cc2ccccc2o1. The van der Waals surface area contributed by atoms with E-state index in [2.05, 4.69) is 0 Å². The number of Topliss-reactive ketones (excluding diaryl/α,β-unsaturated/α-hetero) is 1. The number of furan rings is 1. The van der Waals surface area contributed by atoms with Crippen LogP contribution in [-0.2, 0) is 4.74 Å². The van der Waals surface area contributed by atoms with Crippen molar-refractivity contribution in [1.29, 1.82) is 0 Å². The lowest BCUT2D eigenvalue weighted by Crippen LogP contribution is -2.06. The van der Waals surface area contributed by atoms with Crippen LogP contribution in [0.15, 0.2) is 34.7 Å². The highest BCUT2D eigenvalue weighted by molar-refractivity contribution is 5.97. The summed E-state index contributed by atoms with van der Waals surface area (Å²) >= 11 is 0. The van der Waals surface area contributed by atoms with Crippen molar-refractivity contribution in [2.45, 2.75) is 38.2 Å². The Labute approximate surface area is 112 Å². The zero-order valence-corrected chi connectivity index (χ0v) is 10.9. The van der Waals surface area contributed by atoms with Crippen LogP contribution in [0.3, 0.4) is 0 Å². The Morgan fingerprint density at radius 3 is 3.00 bits per heavy atom. The molecule has 2 heterocycles. The molecule has 3 heteroatoms. The molecule has 100 valence electrons. The first kappa shape index (κ1) is 12.4. The molecular formula is C16H18O3. The molecule has 0 bridgehead atoms. The van der Waals surface area contributed by atoms with Crippen molar-refractivity contribution in [2.24, 2.45) is 0 Å². The molecule has 3 rings (SSSR count). The summed E-state index contributed by atoms with van der Waals surface area (Å²) in [7, 11) is 0. The quantitative estimate of drug-likeness (QED) is 0.762. The van der Waals surface area contributed by atoms with Gasteiger partial charge in [0.1, 0.15) is 5.58 Å². The van der Waals surface area contributed by atoms with Gasteiger partial charge in [-0.3, -0.25) is 4.79 Å². The third-order valence-electron chi connectivity index (χ3n) is 3.65. The van der Waals surface area contributed by atoms with E-state index >= 15 is 0 Å². The minimum absolute atomic E-state index is 0.0918. The Bertz CT molecular complexity index is 531. The van der Waals surface area contributed by atoms with Gasteiger partial charge >= 0.3 is 0 Å². The predicted octanol–water partition coefficient (Wildman–Crippen LogP) is 3.96. The summed E-state index contributed by atoms with van der Waals surface area (Å²) in [5.74, 6) is 0.572. The molecule has 0 radical (unpaired) electrons. The molecule has 0 aliphatic carbocycles. The first-order valence-electron chi connectivity index (χ1n) is 6.96. The lowest BCUT2D eigenvalue weighted by Gasteiger charge is -2.07. The highest BCUT2D eigenvalue weighted by Gasteiger charge is 2.17. The first-order valence-corrected chi connectivity index (χ1v) is 6.96. The maximum absolute atomic E-state index is 12.1. The van der Waals surface area contributed by atoms with Crippen LogP contribution < -0.4 is 0 Å². The number of ketones is 1. The van der Waals surface area contributed by atoms with E-state index in [0.29, 0.717) is 18.3 Å². The number of hydrogen-bond donors (Lipinski definition) is 0. The number of fused-ring (bicyclic) bond motifs is 1. The van der Waals surface area contributed by atoms with Crippen molar-refractivity contribution < 1.29 is 13.9 Å². The number of rotatable bonds is 5. The fourth-order valence-electron chi connectivity index (χ4n) is 2.60. The Kier molecular flexibility index (Phi) is 3.65. The van der Waals surface area contributed by atoms with E-state index in [9.17, 15) is 4.79 Å². The lowest BCUT2D eigenvalue weighted by molar-refractivity contribution is 0.0905. The van der Waals surface area contributed by atoms with E-state index in [4.69, 9.17) is 9.15 Å². The molecule has 0 spiro atoms. The monoisotopic (exact) mass is 258 g/mol. The summed E-state index contributed by atoms with van der Waals surface area (Å²) < 4.78 is 11.1. The van der Waals surface area contributed by atoms with Crippen LogP contribution in [0, 0.1) is 0 Å². The molecular weight excluding hydrogens is 240 g/mol. The molecule has 3 nitrogen and oxygen atoms in total. The standard InChI is InChI=1S/C16H18O3/c17-14(8-3-6-13-7-4-10-18-13)16-11-12-5-1-2-9-15(12)19-16/h1-2,5,9,11,13H,3-4,6-8,10H2. The first-order chi connectivity index (χ1) is 9.33. The number of carbonyl (C=O) groups excluding carboxylic acids is 1. The van der Waals surface area contributed by atoms with Gasteiger partial charge < -0.3 is 9.15 Å². The van der Waals surface area contributed by atoms with Gasteiger partial charge in [-0.15, -0.1) is 0 Å². The van der Waals surface area contributed by atoms with E-state index < -0.39 is 0 Å². The summed E-state index contributed by atoms with van der Waals surface area (Å²) in [4.78, 5) is 12.1. The second-order valence-corrected chi connectivity index (χ2v) is 5.10. The Balaban J connectivity index is 1.57. The lowest BCUT2D eigenvalue weighted by atomic mass is 10.1. The molecule has 1 atom stereocenters. The van der Waals surface area contributed by atoms with Crippen LogP contribution in [0.25, 0.3) is 11.0 Å². The molecule has 1 aromatic heterocycles. The molecule has 0 saturated carbocycles. The van der Waals surface area contributed by atoms with E-state index in [1.165, 1.54) is 0 Å². The minimum Gasteiger partial charge on any atom is -0.453 e. The Hall–Kier alpha value is -1.61. The summed E-state index contributed by atoms with van der Waals surface area (Å²) in [5.41, 5.74) is 0.782. The van der Waals surface area contributed by atoms with E-state index in [1.54, 1.807) is 0 Å².